The van der Waals surface area contributed by atoms with Crippen molar-refractivity contribution in [3.8, 4) is 11.9 Å². The molecule has 1 aromatic rings. The number of nitrogens with zero attached hydrogens (tertiary/aromatic N) is 3. The normalized spacial score (nSPS) is 17.4. The molecule has 2 rings (SSSR count). The summed E-state index contributed by atoms with van der Waals surface area (Å²) in [5.74, 6) is -0.451. The Kier molecular flexibility index (Phi) is 6.91. The van der Waals surface area contributed by atoms with Crippen LogP contribution in [-0.2, 0) is 4.74 Å². The molecule has 146 valence electrons. The number of amidine groups is 1. The Morgan fingerprint density at radius 2 is 2.22 bits per heavy atom. The van der Waals surface area contributed by atoms with Crippen LogP contribution in [0.1, 0.15) is 27.2 Å². The summed E-state index contributed by atoms with van der Waals surface area (Å²) in [6.07, 6.45) is 3.44. The van der Waals surface area contributed by atoms with E-state index in [1.165, 1.54) is 23.9 Å². The molecule has 27 heavy (non-hydrogen) atoms. The number of benzene rings is 1. The van der Waals surface area contributed by atoms with Gasteiger partial charge in [-0.25, -0.2) is 14.2 Å². The molecule has 1 aliphatic rings. The van der Waals surface area contributed by atoms with Gasteiger partial charge in [0.1, 0.15) is 11.7 Å². The van der Waals surface area contributed by atoms with E-state index < -0.39 is 17.5 Å². The summed E-state index contributed by atoms with van der Waals surface area (Å²) >= 11 is 1.25. The first-order valence-corrected chi connectivity index (χ1v) is 9.66. The van der Waals surface area contributed by atoms with E-state index in [1.54, 1.807) is 23.4 Å². The molecule has 0 radical (unpaired) electrons. The number of ether oxygens (including phenoxy) is 2. The van der Waals surface area contributed by atoms with Crippen molar-refractivity contribution in [2.75, 3.05) is 19.3 Å². The number of hydrogen-bond acceptors (Lipinski definition) is 6. The van der Waals surface area contributed by atoms with E-state index in [0.29, 0.717) is 30.4 Å². The average molecular weight is 394 g/mol. The predicted octanol–water partition coefficient (Wildman–Crippen LogP) is 3.64. The molecular weight excluding hydrogens is 371 g/mol. The molecule has 1 atom stereocenters. The zero-order valence-electron chi connectivity index (χ0n) is 15.8. The van der Waals surface area contributed by atoms with Gasteiger partial charge in [-0.15, -0.1) is 0 Å². The van der Waals surface area contributed by atoms with Crippen LogP contribution in [0.4, 0.5) is 14.9 Å². The molecule has 1 aliphatic heterocycles. The molecule has 0 saturated carbocycles. The van der Waals surface area contributed by atoms with Crippen LogP contribution in [-0.4, -0.2) is 47.2 Å². The fraction of sp³-hybridized carbons (Fsp3) is 0.500. The van der Waals surface area contributed by atoms with Crippen LogP contribution < -0.4 is 10.1 Å². The van der Waals surface area contributed by atoms with Crippen molar-refractivity contribution < 1.29 is 18.7 Å². The highest BCUT2D eigenvalue weighted by atomic mass is 32.2. The quantitative estimate of drug-likeness (QED) is 0.365. The van der Waals surface area contributed by atoms with Gasteiger partial charge in [-0.05, 0) is 39.2 Å². The number of nitriles is 1. The Bertz CT molecular complexity index is 758. The van der Waals surface area contributed by atoms with Crippen LogP contribution in [0.2, 0.25) is 0 Å². The minimum Gasteiger partial charge on any atom is -0.485 e. The minimum absolute atomic E-state index is 0.101. The number of nitrogens with one attached hydrogen (secondary N) is 1. The number of amides is 1. The maximum atomic E-state index is 14.3. The third kappa shape index (κ3) is 6.32. The number of aliphatic imine (C=N–C) groups is 1. The monoisotopic (exact) mass is 394 g/mol. The number of likely N-dealkylation sites (tertiary alicyclic amines) is 1. The highest BCUT2D eigenvalue weighted by Crippen LogP contribution is 2.27. The van der Waals surface area contributed by atoms with Gasteiger partial charge in [0.05, 0.1) is 12.2 Å². The van der Waals surface area contributed by atoms with E-state index in [0.717, 1.165) is 0 Å². The zero-order valence-corrected chi connectivity index (χ0v) is 16.6. The van der Waals surface area contributed by atoms with Gasteiger partial charge >= 0.3 is 6.09 Å². The Morgan fingerprint density at radius 3 is 2.81 bits per heavy atom. The van der Waals surface area contributed by atoms with Crippen LogP contribution in [0.5, 0.6) is 5.75 Å². The summed E-state index contributed by atoms with van der Waals surface area (Å²) in [4.78, 5) is 17.8. The molecule has 0 spiro atoms. The molecule has 0 aliphatic carbocycles. The molecule has 0 bridgehead atoms. The molecule has 1 amide bonds. The molecule has 9 heteroatoms. The predicted molar refractivity (Wildman–Crippen MR) is 103 cm³/mol. The zero-order chi connectivity index (χ0) is 20.0. The number of carbonyl (C=O) groups excluding carboxylic acids is 1. The van der Waals surface area contributed by atoms with Gasteiger partial charge in [0.2, 0.25) is 0 Å². The van der Waals surface area contributed by atoms with Crippen LogP contribution >= 0.6 is 11.8 Å². The molecule has 1 N–H and O–H groups in total. The highest BCUT2D eigenvalue weighted by molar-refractivity contribution is 8.13. The maximum absolute atomic E-state index is 14.3. The third-order valence-corrected chi connectivity index (χ3v) is 4.17. The van der Waals surface area contributed by atoms with Gasteiger partial charge in [0.15, 0.2) is 22.9 Å². The van der Waals surface area contributed by atoms with Crippen molar-refractivity contribution in [3.63, 3.8) is 0 Å². The molecular formula is C18H23FN4O3S. The second kappa shape index (κ2) is 8.95. The Labute approximate surface area is 162 Å². The first-order valence-electron chi connectivity index (χ1n) is 8.43. The number of thioether (sulfide) groups is 1. The van der Waals surface area contributed by atoms with Gasteiger partial charge < -0.3 is 14.4 Å². The lowest BCUT2D eigenvalue weighted by Gasteiger charge is -2.24. The molecule has 1 heterocycles. The van der Waals surface area contributed by atoms with Crippen molar-refractivity contribution in [2.24, 2.45) is 4.99 Å². The lowest BCUT2D eigenvalue weighted by Crippen LogP contribution is -2.36. The average Bonchev–Trinajstić information content (AvgIpc) is 3.04. The Hall–Kier alpha value is -2.47. The number of carbonyl (C=O) groups is 1. The van der Waals surface area contributed by atoms with Gasteiger partial charge in [-0.1, -0.05) is 11.8 Å². The first-order chi connectivity index (χ1) is 12.7. The van der Waals surface area contributed by atoms with Gasteiger partial charge in [-0.2, -0.15) is 5.26 Å². The molecule has 1 unspecified atom stereocenters. The minimum atomic E-state index is -0.561. The second-order valence-corrected chi connectivity index (χ2v) is 7.72. The first kappa shape index (κ1) is 20.8. The molecule has 1 aromatic carbocycles. The smallest absolute Gasteiger partial charge is 0.410 e. The largest absolute Gasteiger partial charge is 0.485 e. The van der Waals surface area contributed by atoms with Gasteiger partial charge in [0.25, 0.3) is 0 Å². The fourth-order valence-electron chi connectivity index (χ4n) is 2.44. The summed E-state index contributed by atoms with van der Waals surface area (Å²) < 4.78 is 25.4. The summed E-state index contributed by atoms with van der Waals surface area (Å²) in [5, 5.41) is 11.4. The third-order valence-electron chi connectivity index (χ3n) is 3.59. The number of rotatable bonds is 3. The van der Waals surface area contributed by atoms with Crippen molar-refractivity contribution in [3.05, 3.63) is 24.0 Å². The molecule has 1 fully saturated rings. The van der Waals surface area contributed by atoms with E-state index in [-0.39, 0.29) is 11.9 Å². The van der Waals surface area contributed by atoms with Crippen molar-refractivity contribution >= 4 is 28.7 Å². The lowest BCUT2D eigenvalue weighted by molar-refractivity contribution is 0.0275. The second-order valence-electron chi connectivity index (χ2n) is 6.93. The lowest BCUT2D eigenvalue weighted by atomic mass is 10.2. The van der Waals surface area contributed by atoms with Crippen LogP contribution in [0.3, 0.4) is 0 Å². The van der Waals surface area contributed by atoms with Crippen molar-refractivity contribution in [1.82, 2.24) is 10.2 Å². The Morgan fingerprint density at radius 1 is 1.48 bits per heavy atom. The molecule has 0 aromatic heterocycles. The van der Waals surface area contributed by atoms with Gasteiger partial charge in [-0.3, -0.25) is 5.32 Å². The summed E-state index contributed by atoms with van der Waals surface area (Å²) in [5.41, 5.74) is -0.192. The summed E-state index contributed by atoms with van der Waals surface area (Å²) in [6.45, 7) is 6.27. The molecule has 7 nitrogen and oxygen atoms in total. The van der Waals surface area contributed by atoms with E-state index in [4.69, 9.17) is 14.7 Å². The van der Waals surface area contributed by atoms with Crippen molar-refractivity contribution in [1.29, 1.82) is 5.26 Å². The highest BCUT2D eigenvalue weighted by Gasteiger charge is 2.31. The molecule has 1 saturated heterocycles. The topological polar surface area (TPSA) is 86.9 Å². The fourth-order valence-corrected chi connectivity index (χ4v) is 2.79. The van der Waals surface area contributed by atoms with Crippen LogP contribution in [0, 0.1) is 17.3 Å². The number of hydrogen-bond donors (Lipinski definition) is 1. The SMILES string of the molecule is CSC(=Nc1ccc(OC2CCN(C(=O)OC(C)(C)C)C2)c(F)c1)NC#N. The van der Waals surface area contributed by atoms with E-state index in [9.17, 15) is 9.18 Å². The van der Waals surface area contributed by atoms with E-state index in [1.807, 2.05) is 20.8 Å². The van der Waals surface area contributed by atoms with E-state index in [2.05, 4.69) is 10.3 Å². The van der Waals surface area contributed by atoms with Crippen LogP contribution in [0.25, 0.3) is 0 Å². The number of halogens is 1. The van der Waals surface area contributed by atoms with Crippen molar-refractivity contribution in [2.45, 2.75) is 38.9 Å². The summed E-state index contributed by atoms with van der Waals surface area (Å²) in [7, 11) is 0. The van der Waals surface area contributed by atoms with E-state index >= 15 is 0 Å². The summed E-state index contributed by atoms with van der Waals surface area (Å²) in [6, 6.07) is 4.34. The van der Waals surface area contributed by atoms with Gasteiger partial charge in [0, 0.05) is 19.0 Å². The maximum Gasteiger partial charge on any atom is 0.410 e. The van der Waals surface area contributed by atoms with Crippen LogP contribution in [0.15, 0.2) is 23.2 Å². The Balaban J connectivity index is 1.99. The standard InChI is InChI=1S/C18H23FN4O3S/c1-18(2,3)26-17(24)23-8-7-13(10-23)25-15-6-5-12(9-14(15)19)22-16(27-4)21-11-20/h5-6,9,13H,7-8,10H2,1-4H3,(H,21,22).